The fraction of sp³-hybridized carbons (Fsp3) is 0.385. The predicted molar refractivity (Wildman–Crippen MR) is 65.6 cm³/mol. The fourth-order valence-corrected chi connectivity index (χ4v) is 1.42. The van der Waals surface area contributed by atoms with Gasteiger partial charge in [0, 0.05) is 12.6 Å². The van der Waals surface area contributed by atoms with E-state index >= 15 is 0 Å². The van der Waals surface area contributed by atoms with Crippen molar-refractivity contribution in [2.75, 3.05) is 20.3 Å². The Morgan fingerprint density at radius 1 is 1.50 bits per heavy atom. The van der Waals surface area contributed by atoms with Crippen molar-refractivity contribution in [1.82, 2.24) is 0 Å². The number of rotatable bonds is 7. The largest absolute Gasteiger partial charge is 0.497 e. The molecule has 0 heterocycles. The van der Waals surface area contributed by atoms with Crippen LogP contribution in [-0.4, -0.2) is 20.3 Å². The van der Waals surface area contributed by atoms with Gasteiger partial charge in [0.1, 0.15) is 5.75 Å². The van der Waals surface area contributed by atoms with Crippen molar-refractivity contribution in [2.45, 2.75) is 12.5 Å². The molecule has 0 aromatic heterocycles. The first kappa shape index (κ1) is 12.7. The van der Waals surface area contributed by atoms with E-state index in [-0.39, 0.29) is 6.04 Å². The lowest BCUT2D eigenvalue weighted by Gasteiger charge is -2.12. The minimum absolute atomic E-state index is 0.0140. The molecule has 16 heavy (non-hydrogen) atoms. The van der Waals surface area contributed by atoms with Gasteiger partial charge in [0.25, 0.3) is 0 Å². The van der Waals surface area contributed by atoms with Crippen LogP contribution in [0.15, 0.2) is 36.9 Å². The topological polar surface area (TPSA) is 44.5 Å². The van der Waals surface area contributed by atoms with E-state index in [1.807, 2.05) is 24.3 Å². The van der Waals surface area contributed by atoms with E-state index in [0.29, 0.717) is 13.2 Å². The van der Waals surface area contributed by atoms with Crippen LogP contribution in [0, 0.1) is 0 Å². The second-order valence-corrected chi connectivity index (χ2v) is 3.54. The van der Waals surface area contributed by atoms with Crippen molar-refractivity contribution in [3.8, 4) is 5.75 Å². The number of methoxy groups -OCH3 is 1. The van der Waals surface area contributed by atoms with Gasteiger partial charge in [-0.3, -0.25) is 0 Å². The third-order valence-corrected chi connectivity index (χ3v) is 2.33. The summed E-state index contributed by atoms with van der Waals surface area (Å²) in [7, 11) is 1.65. The zero-order valence-electron chi connectivity index (χ0n) is 9.69. The molecular formula is C13H19NO2. The maximum atomic E-state index is 6.04. The van der Waals surface area contributed by atoms with Gasteiger partial charge in [-0.2, -0.15) is 0 Å². The summed E-state index contributed by atoms with van der Waals surface area (Å²) < 4.78 is 10.5. The van der Waals surface area contributed by atoms with Crippen LogP contribution in [0.3, 0.4) is 0 Å². The summed E-state index contributed by atoms with van der Waals surface area (Å²) in [6.45, 7) is 4.80. The van der Waals surface area contributed by atoms with E-state index in [1.54, 1.807) is 13.2 Å². The highest BCUT2D eigenvalue weighted by atomic mass is 16.5. The van der Waals surface area contributed by atoms with Gasteiger partial charge in [0.05, 0.1) is 13.7 Å². The van der Waals surface area contributed by atoms with Gasteiger partial charge in [0.2, 0.25) is 0 Å². The standard InChI is InChI=1S/C13H19NO2/c1-3-8-16-9-7-13(14)11-5-4-6-12(10-11)15-2/h3-6,10,13H,1,7-9,14H2,2H3. The first-order valence-electron chi connectivity index (χ1n) is 5.36. The maximum absolute atomic E-state index is 6.04. The van der Waals surface area contributed by atoms with E-state index in [1.165, 1.54) is 0 Å². The Morgan fingerprint density at radius 2 is 2.31 bits per heavy atom. The predicted octanol–water partition coefficient (Wildman–Crippen LogP) is 2.29. The van der Waals surface area contributed by atoms with Crippen LogP contribution in [0.25, 0.3) is 0 Å². The van der Waals surface area contributed by atoms with E-state index in [4.69, 9.17) is 15.2 Å². The molecule has 3 heteroatoms. The van der Waals surface area contributed by atoms with Crippen LogP contribution in [-0.2, 0) is 4.74 Å². The zero-order chi connectivity index (χ0) is 11.8. The van der Waals surface area contributed by atoms with Crippen molar-refractivity contribution in [1.29, 1.82) is 0 Å². The average molecular weight is 221 g/mol. The molecule has 0 amide bonds. The first-order chi connectivity index (χ1) is 7.77. The molecule has 0 aliphatic heterocycles. The average Bonchev–Trinajstić information content (AvgIpc) is 2.34. The first-order valence-corrected chi connectivity index (χ1v) is 5.36. The zero-order valence-corrected chi connectivity index (χ0v) is 9.69. The van der Waals surface area contributed by atoms with Crippen LogP contribution < -0.4 is 10.5 Å². The smallest absolute Gasteiger partial charge is 0.119 e. The van der Waals surface area contributed by atoms with Crippen molar-refractivity contribution in [2.24, 2.45) is 5.73 Å². The molecule has 1 atom stereocenters. The summed E-state index contributed by atoms with van der Waals surface area (Å²) >= 11 is 0. The number of hydrogen-bond donors (Lipinski definition) is 1. The Labute approximate surface area is 96.9 Å². The van der Waals surface area contributed by atoms with Crippen molar-refractivity contribution >= 4 is 0 Å². The number of ether oxygens (including phenoxy) is 2. The minimum atomic E-state index is -0.0140. The Bertz CT molecular complexity index is 325. The molecule has 1 aromatic carbocycles. The molecule has 0 fully saturated rings. The molecule has 0 radical (unpaired) electrons. The summed E-state index contributed by atoms with van der Waals surface area (Å²) in [6, 6.07) is 7.79. The molecule has 3 nitrogen and oxygen atoms in total. The van der Waals surface area contributed by atoms with Gasteiger partial charge in [-0.1, -0.05) is 18.2 Å². The summed E-state index contributed by atoms with van der Waals surface area (Å²) in [4.78, 5) is 0. The summed E-state index contributed by atoms with van der Waals surface area (Å²) in [5.74, 6) is 0.833. The SMILES string of the molecule is C=CCOCCC(N)c1cccc(OC)c1. The van der Waals surface area contributed by atoms with Crippen LogP contribution >= 0.6 is 0 Å². The summed E-state index contributed by atoms with van der Waals surface area (Å²) in [5.41, 5.74) is 7.11. The van der Waals surface area contributed by atoms with Gasteiger partial charge in [-0.15, -0.1) is 6.58 Å². The Balaban J connectivity index is 2.45. The molecule has 1 aromatic rings. The monoisotopic (exact) mass is 221 g/mol. The molecule has 0 bridgehead atoms. The lowest BCUT2D eigenvalue weighted by Crippen LogP contribution is -2.13. The van der Waals surface area contributed by atoms with Gasteiger partial charge >= 0.3 is 0 Å². The molecular weight excluding hydrogens is 202 g/mol. The molecule has 0 spiro atoms. The molecule has 1 rings (SSSR count). The molecule has 88 valence electrons. The highest BCUT2D eigenvalue weighted by Crippen LogP contribution is 2.19. The van der Waals surface area contributed by atoms with Crippen molar-refractivity contribution in [3.05, 3.63) is 42.5 Å². The number of hydrogen-bond acceptors (Lipinski definition) is 3. The van der Waals surface area contributed by atoms with Crippen LogP contribution in [0.4, 0.5) is 0 Å². The third kappa shape index (κ3) is 4.04. The molecule has 2 N–H and O–H groups in total. The van der Waals surface area contributed by atoms with Gasteiger partial charge < -0.3 is 15.2 Å². The van der Waals surface area contributed by atoms with E-state index < -0.39 is 0 Å². The van der Waals surface area contributed by atoms with Crippen molar-refractivity contribution in [3.63, 3.8) is 0 Å². The Hall–Kier alpha value is -1.32. The number of benzene rings is 1. The van der Waals surface area contributed by atoms with Crippen LogP contribution in [0.5, 0.6) is 5.75 Å². The quantitative estimate of drug-likeness (QED) is 0.567. The summed E-state index contributed by atoms with van der Waals surface area (Å²) in [5, 5.41) is 0. The van der Waals surface area contributed by atoms with Gasteiger partial charge in [-0.25, -0.2) is 0 Å². The molecule has 0 saturated heterocycles. The van der Waals surface area contributed by atoms with E-state index in [2.05, 4.69) is 6.58 Å². The number of nitrogens with two attached hydrogens (primary N) is 1. The van der Waals surface area contributed by atoms with Crippen LogP contribution in [0.2, 0.25) is 0 Å². The normalized spacial score (nSPS) is 12.1. The minimum Gasteiger partial charge on any atom is -0.497 e. The fourth-order valence-electron chi connectivity index (χ4n) is 1.42. The summed E-state index contributed by atoms with van der Waals surface area (Å²) in [6.07, 6.45) is 2.53. The lowest BCUT2D eigenvalue weighted by atomic mass is 10.1. The maximum Gasteiger partial charge on any atom is 0.119 e. The molecule has 0 aliphatic carbocycles. The second-order valence-electron chi connectivity index (χ2n) is 3.54. The molecule has 1 unspecified atom stereocenters. The van der Waals surface area contributed by atoms with Gasteiger partial charge in [-0.05, 0) is 24.1 Å². The van der Waals surface area contributed by atoms with Gasteiger partial charge in [0.15, 0.2) is 0 Å². The lowest BCUT2D eigenvalue weighted by molar-refractivity contribution is 0.154. The molecule has 0 aliphatic rings. The third-order valence-electron chi connectivity index (χ3n) is 2.33. The van der Waals surface area contributed by atoms with Crippen molar-refractivity contribution < 1.29 is 9.47 Å². The van der Waals surface area contributed by atoms with Crippen LogP contribution in [0.1, 0.15) is 18.0 Å². The highest BCUT2D eigenvalue weighted by Gasteiger charge is 2.06. The Morgan fingerprint density at radius 3 is 3.00 bits per heavy atom. The molecule has 0 saturated carbocycles. The van der Waals surface area contributed by atoms with E-state index in [0.717, 1.165) is 17.7 Å². The highest BCUT2D eigenvalue weighted by molar-refractivity contribution is 5.30. The second kappa shape index (κ2) is 7.04. The van der Waals surface area contributed by atoms with E-state index in [9.17, 15) is 0 Å². The Kier molecular flexibility index (Phi) is 5.61.